The molecule has 4 heteroatoms. The molecule has 1 aromatic rings. The van der Waals surface area contributed by atoms with E-state index < -0.39 is 0 Å². The summed E-state index contributed by atoms with van der Waals surface area (Å²) >= 11 is 3.26. The highest BCUT2D eigenvalue weighted by molar-refractivity contribution is 9.10. The average Bonchev–Trinajstić information content (AvgIpc) is 2.54. The Hall–Kier alpha value is -0.320. The molecule has 1 aliphatic heterocycles. The summed E-state index contributed by atoms with van der Waals surface area (Å²) < 4.78 is 11.5. The average molecular weight is 232 g/mol. The lowest BCUT2D eigenvalue weighted by Crippen LogP contribution is -2.34. The second kappa shape index (κ2) is 3.60. The fourth-order valence-corrected chi connectivity index (χ4v) is 1.58. The van der Waals surface area contributed by atoms with Crippen LogP contribution in [0.3, 0.4) is 0 Å². The maximum absolute atomic E-state index is 5.40. The molecule has 66 valence electrons. The van der Waals surface area contributed by atoms with Crippen LogP contribution in [0.1, 0.15) is 11.8 Å². The molecular formula is C8H10BrNO2. The summed E-state index contributed by atoms with van der Waals surface area (Å²) in [6.45, 7) is 2.38. The molecule has 1 saturated heterocycles. The lowest BCUT2D eigenvalue weighted by atomic mass is 10.2. The van der Waals surface area contributed by atoms with E-state index in [0.29, 0.717) is 6.61 Å². The van der Waals surface area contributed by atoms with Crippen LogP contribution < -0.4 is 5.32 Å². The van der Waals surface area contributed by atoms with Crippen LogP contribution >= 0.6 is 15.9 Å². The van der Waals surface area contributed by atoms with Crippen molar-refractivity contribution in [3.63, 3.8) is 0 Å². The van der Waals surface area contributed by atoms with Gasteiger partial charge >= 0.3 is 0 Å². The first kappa shape index (κ1) is 8.29. The van der Waals surface area contributed by atoms with Gasteiger partial charge in [0, 0.05) is 6.54 Å². The second-order valence-electron chi connectivity index (χ2n) is 2.72. The Bertz CT molecular complexity index is 255. The van der Waals surface area contributed by atoms with Crippen LogP contribution in [0.2, 0.25) is 0 Å². The molecule has 0 saturated carbocycles. The van der Waals surface area contributed by atoms with Crippen molar-refractivity contribution in [1.82, 2.24) is 5.32 Å². The van der Waals surface area contributed by atoms with E-state index in [-0.39, 0.29) is 6.04 Å². The molecule has 0 bridgehead atoms. The zero-order chi connectivity index (χ0) is 8.39. The summed E-state index contributed by atoms with van der Waals surface area (Å²) in [4.78, 5) is 0. The van der Waals surface area contributed by atoms with Crippen molar-refractivity contribution >= 4 is 15.9 Å². The lowest BCUT2D eigenvalue weighted by Gasteiger charge is -2.21. The molecule has 1 aromatic heterocycles. The minimum atomic E-state index is 0.213. The summed E-state index contributed by atoms with van der Waals surface area (Å²) in [7, 11) is 0. The van der Waals surface area contributed by atoms with Gasteiger partial charge in [-0.2, -0.15) is 0 Å². The van der Waals surface area contributed by atoms with E-state index in [1.54, 1.807) is 0 Å². The molecule has 0 aliphatic carbocycles. The molecule has 1 aliphatic rings. The normalized spacial score (nSPS) is 24.2. The zero-order valence-corrected chi connectivity index (χ0v) is 8.13. The van der Waals surface area contributed by atoms with Gasteiger partial charge in [-0.25, -0.2) is 0 Å². The summed E-state index contributed by atoms with van der Waals surface area (Å²) in [6, 6.07) is 4.06. The molecule has 1 unspecified atom stereocenters. The Morgan fingerprint density at radius 1 is 1.50 bits per heavy atom. The molecular weight excluding hydrogens is 222 g/mol. The predicted molar refractivity (Wildman–Crippen MR) is 48.0 cm³/mol. The first-order valence-electron chi connectivity index (χ1n) is 3.92. The molecule has 0 aromatic carbocycles. The van der Waals surface area contributed by atoms with Gasteiger partial charge in [0.2, 0.25) is 0 Å². The Kier molecular flexibility index (Phi) is 2.48. The van der Waals surface area contributed by atoms with E-state index in [9.17, 15) is 0 Å². The summed E-state index contributed by atoms with van der Waals surface area (Å²) in [5.41, 5.74) is 0. The van der Waals surface area contributed by atoms with Crippen LogP contribution in [0.4, 0.5) is 0 Å². The minimum absolute atomic E-state index is 0.213. The van der Waals surface area contributed by atoms with Crippen molar-refractivity contribution in [2.75, 3.05) is 19.8 Å². The fourth-order valence-electron chi connectivity index (χ4n) is 1.26. The van der Waals surface area contributed by atoms with E-state index in [0.717, 1.165) is 23.6 Å². The molecule has 0 amide bonds. The van der Waals surface area contributed by atoms with Crippen molar-refractivity contribution < 1.29 is 9.15 Å². The van der Waals surface area contributed by atoms with Crippen molar-refractivity contribution in [1.29, 1.82) is 0 Å². The summed E-state index contributed by atoms with van der Waals surface area (Å²) in [6.07, 6.45) is 0. The lowest BCUT2D eigenvalue weighted by molar-refractivity contribution is 0.0696. The van der Waals surface area contributed by atoms with Crippen molar-refractivity contribution in [3.05, 3.63) is 22.6 Å². The highest BCUT2D eigenvalue weighted by Gasteiger charge is 2.17. The van der Waals surface area contributed by atoms with Crippen LogP contribution in [0.15, 0.2) is 21.2 Å². The molecule has 1 fully saturated rings. The number of hydrogen-bond donors (Lipinski definition) is 1. The first-order chi connectivity index (χ1) is 5.86. The van der Waals surface area contributed by atoms with Gasteiger partial charge in [-0.15, -0.1) is 0 Å². The van der Waals surface area contributed by atoms with E-state index >= 15 is 0 Å². The van der Waals surface area contributed by atoms with Gasteiger partial charge in [-0.1, -0.05) is 0 Å². The molecule has 1 atom stereocenters. The van der Waals surface area contributed by atoms with Crippen molar-refractivity contribution in [2.24, 2.45) is 0 Å². The monoisotopic (exact) mass is 231 g/mol. The summed E-state index contributed by atoms with van der Waals surface area (Å²) in [5.74, 6) is 0.932. The number of morpholine rings is 1. The van der Waals surface area contributed by atoms with Crippen molar-refractivity contribution in [3.8, 4) is 0 Å². The maximum atomic E-state index is 5.40. The molecule has 1 N–H and O–H groups in total. The SMILES string of the molecule is Brc1ccc(C2COCCN2)o1. The predicted octanol–water partition coefficient (Wildman–Crippen LogP) is 1.70. The highest BCUT2D eigenvalue weighted by atomic mass is 79.9. The second-order valence-corrected chi connectivity index (χ2v) is 3.51. The first-order valence-corrected chi connectivity index (χ1v) is 4.72. The molecule has 3 nitrogen and oxygen atoms in total. The molecule has 12 heavy (non-hydrogen) atoms. The smallest absolute Gasteiger partial charge is 0.169 e. The highest BCUT2D eigenvalue weighted by Crippen LogP contribution is 2.21. The summed E-state index contributed by atoms with van der Waals surface area (Å²) in [5, 5.41) is 3.31. The Labute approximate surface area is 79.2 Å². The molecule has 2 heterocycles. The molecule has 0 spiro atoms. The number of hydrogen-bond acceptors (Lipinski definition) is 3. The van der Waals surface area contributed by atoms with Gasteiger partial charge in [0.1, 0.15) is 5.76 Å². The zero-order valence-electron chi connectivity index (χ0n) is 6.55. The number of nitrogens with one attached hydrogen (secondary N) is 1. The van der Waals surface area contributed by atoms with Crippen LogP contribution in [-0.4, -0.2) is 19.8 Å². The van der Waals surface area contributed by atoms with E-state index in [1.807, 2.05) is 12.1 Å². The third kappa shape index (κ3) is 1.71. The van der Waals surface area contributed by atoms with Gasteiger partial charge < -0.3 is 14.5 Å². The third-order valence-corrected chi connectivity index (χ3v) is 2.29. The third-order valence-electron chi connectivity index (χ3n) is 1.86. The Morgan fingerprint density at radius 2 is 2.42 bits per heavy atom. The van der Waals surface area contributed by atoms with Crippen LogP contribution in [-0.2, 0) is 4.74 Å². The molecule has 2 rings (SSSR count). The van der Waals surface area contributed by atoms with E-state index in [1.165, 1.54) is 0 Å². The minimum Gasteiger partial charge on any atom is -0.453 e. The fraction of sp³-hybridized carbons (Fsp3) is 0.500. The topological polar surface area (TPSA) is 34.4 Å². The van der Waals surface area contributed by atoms with Gasteiger partial charge in [0.25, 0.3) is 0 Å². The quantitative estimate of drug-likeness (QED) is 0.800. The van der Waals surface area contributed by atoms with Gasteiger partial charge in [-0.05, 0) is 28.1 Å². The van der Waals surface area contributed by atoms with Crippen LogP contribution in [0.25, 0.3) is 0 Å². The van der Waals surface area contributed by atoms with Gasteiger partial charge in [0.05, 0.1) is 19.3 Å². The van der Waals surface area contributed by atoms with Crippen LogP contribution in [0, 0.1) is 0 Å². The van der Waals surface area contributed by atoms with E-state index in [4.69, 9.17) is 9.15 Å². The Balaban J connectivity index is 2.08. The van der Waals surface area contributed by atoms with Crippen molar-refractivity contribution in [2.45, 2.75) is 6.04 Å². The van der Waals surface area contributed by atoms with Crippen LogP contribution in [0.5, 0.6) is 0 Å². The van der Waals surface area contributed by atoms with E-state index in [2.05, 4.69) is 21.2 Å². The standard InChI is InChI=1S/C8H10BrNO2/c9-8-2-1-7(12-8)6-5-11-4-3-10-6/h1-2,6,10H,3-5H2. The number of rotatable bonds is 1. The Morgan fingerprint density at radius 3 is 3.00 bits per heavy atom. The largest absolute Gasteiger partial charge is 0.453 e. The number of furan rings is 1. The number of ether oxygens (including phenoxy) is 1. The maximum Gasteiger partial charge on any atom is 0.169 e. The number of halogens is 1. The van der Waals surface area contributed by atoms with Gasteiger partial charge in [-0.3, -0.25) is 0 Å². The molecule has 0 radical (unpaired) electrons. The van der Waals surface area contributed by atoms with Gasteiger partial charge in [0.15, 0.2) is 4.67 Å².